The number of aliphatic hydroxyl groups excluding tert-OH is 1. The molecule has 1 saturated heterocycles. The Morgan fingerprint density at radius 2 is 1.67 bits per heavy atom. The first-order valence-corrected chi connectivity index (χ1v) is 11.3. The number of esters is 3. The van der Waals surface area contributed by atoms with Crippen LogP contribution in [0.15, 0.2) is 35.5 Å². The van der Waals surface area contributed by atoms with Crippen LogP contribution in [0.1, 0.15) is 54.4 Å². The van der Waals surface area contributed by atoms with Crippen molar-refractivity contribution in [1.82, 2.24) is 0 Å². The zero-order valence-corrected chi connectivity index (χ0v) is 20.1. The van der Waals surface area contributed by atoms with Gasteiger partial charge in [-0.05, 0) is 47.5 Å². The van der Waals surface area contributed by atoms with Crippen molar-refractivity contribution in [3.05, 3.63) is 35.5 Å². The standard InChI is InChI=1S/C25H34O8/c1-8-12(3)21(27)32-18-16-14(5)23(29)31-17(16)19-24(6,30)11-10-15(26)25(19,7)20(18)33-22(28)13(4)9-2/h8-9,15-20,26,30H,5,10-11H2,1-4,6-7H3/b12-8-,13-9-/t15-,16+,17-,18+,19+,20-,24+,25+/m1/s1. The first-order chi connectivity index (χ1) is 15.3. The van der Waals surface area contributed by atoms with Crippen molar-refractivity contribution in [2.24, 2.45) is 17.3 Å². The number of aliphatic hydroxyl groups is 2. The van der Waals surface area contributed by atoms with Crippen molar-refractivity contribution in [3.63, 3.8) is 0 Å². The Hall–Kier alpha value is -2.45. The molecule has 3 fully saturated rings. The van der Waals surface area contributed by atoms with Crippen LogP contribution in [-0.2, 0) is 28.6 Å². The third-order valence-corrected chi connectivity index (χ3v) is 7.82. The van der Waals surface area contributed by atoms with Crippen molar-refractivity contribution in [3.8, 4) is 0 Å². The maximum absolute atomic E-state index is 12.9. The van der Waals surface area contributed by atoms with E-state index in [0.717, 1.165) is 0 Å². The average molecular weight is 463 g/mol. The summed E-state index contributed by atoms with van der Waals surface area (Å²) in [6.07, 6.45) is -0.542. The fourth-order valence-corrected chi connectivity index (χ4v) is 5.65. The number of carbonyl (C=O) groups is 3. The van der Waals surface area contributed by atoms with E-state index in [4.69, 9.17) is 14.2 Å². The molecule has 0 aromatic carbocycles. The van der Waals surface area contributed by atoms with Crippen molar-refractivity contribution in [1.29, 1.82) is 0 Å². The van der Waals surface area contributed by atoms with Crippen LogP contribution in [0.3, 0.4) is 0 Å². The molecule has 8 atom stereocenters. The maximum Gasteiger partial charge on any atom is 0.334 e. The number of carbonyl (C=O) groups excluding carboxylic acids is 3. The monoisotopic (exact) mass is 462 g/mol. The molecule has 2 saturated carbocycles. The SMILES string of the molecule is C=C1C(=O)O[C@@H]2[C@H]1[C@H](OC(=O)/C(C)=C\C)[C@@H](OC(=O)/C(C)=C\C)[C@@]1(C)[C@H](O)CC[C@](C)(O)[C@H]21. The van der Waals surface area contributed by atoms with Crippen molar-refractivity contribution < 1.29 is 38.8 Å². The van der Waals surface area contributed by atoms with Crippen LogP contribution in [0.5, 0.6) is 0 Å². The highest BCUT2D eigenvalue weighted by molar-refractivity contribution is 5.92. The van der Waals surface area contributed by atoms with Crippen LogP contribution in [0, 0.1) is 17.3 Å². The molecule has 0 bridgehead atoms. The Labute approximate surface area is 194 Å². The van der Waals surface area contributed by atoms with E-state index in [-0.39, 0.29) is 18.4 Å². The molecule has 3 rings (SSSR count). The normalized spacial score (nSPS) is 41.1. The zero-order valence-electron chi connectivity index (χ0n) is 20.1. The molecule has 0 aromatic heterocycles. The Morgan fingerprint density at radius 1 is 1.12 bits per heavy atom. The first kappa shape index (κ1) is 25.2. The molecule has 1 heterocycles. The first-order valence-electron chi connectivity index (χ1n) is 11.3. The van der Waals surface area contributed by atoms with Gasteiger partial charge in [0.1, 0.15) is 12.2 Å². The number of ether oxygens (including phenoxy) is 3. The average Bonchev–Trinajstić information content (AvgIpc) is 3.05. The summed E-state index contributed by atoms with van der Waals surface area (Å²) < 4.78 is 17.4. The maximum atomic E-state index is 12.9. The van der Waals surface area contributed by atoms with Gasteiger partial charge in [0.05, 0.1) is 17.6 Å². The predicted molar refractivity (Wildman–Crippen MR) is 119 cm³/mol. The fourth-order valence-electron chi connectivity index (χ4n) is 5.65. The molecule has 3 aliphatic rings. The predicted octanol–water partition coefficient (Wildman–Crippen LogP) is 2.38. The van der Waals surface area contributed by atoms with Gasteiger partial charge >= 0.3 is 17.9 Å². The van der Waals surface area contributed by atoms with Gasteiger partial charge < -0.3 is 24.4 Å². The number of fused-ring (bicyclic) bond motifs is 3. The van der Waals surface area contributed by atoms with Gasteiger partial charge in [0, 0.05) is 28.1 Å². The largest absolute Gasteiger partial charge is 0.458 e. The van der Waals surface area contributed by atoms with E-state index in [1.54, 1.807) is 53.7 Å². The molecular formula is C25H34O8. The second kappa shape index (κ2) is 8.72. The number of hydrogen-bond acceptors (Lipinski definition) is 8. The van der Waals surface area contributed by atoms with Gasteiger partial charge in [-0.15, -0.1) is 0 Å². The van der Waals surface area contributed by atoms with Crippen LogP contribution in [0.2, 0.25) is 0 Å². The Kier molecular flexibility index (Phi) is 6.65. The Morgan fingerprint density at radius 3 is 2.21 bits per heavy atom. The van der Waals surface area contributed by atoms with E-state index >= 15 is 0 Å². The van der Waals surface area contributed by atoms with Crippen molar-refractivity contribution >= 4 is 17.9 Å². The minimum absolute atomic E-state index is 0.0812. The molecule has 1 aliphatic heterocycles. The van der Waals surface area contributed by atoms with E-state index < -0.39 is 65.2 Å². The van der Waals surface area contributed by atoms with E-state index in [0.29, 0.717) is 11.1 Å². The molecule has 2 N–H and O–H groups in total. The molecular weight excluding hydrogens is 428 g/mol. The third-order valence-electron chi connectivity index (χ3n) is 7.82. The second-order valence-corrected chi connectivity index (χ2v) is 9.82. The minimum atomic E-state index is -1.34. The summed E-state index contributed by atoms with van der Waals surface area (Å²) >= 11 is 0. The highest BCUT2D eigenvalue weighted by atomic mass is 16.6. The lowest BCUT2D eigenvalue weighted by molar-refractivity contribution is -0.275. The highest BCUT2D eigenvalue weighted by Gasteiger charge is 2.71. The van der Waals surface area contributed by atoms with E-state index in [2.05, 4.69) is 6.58 Å². The van der Waals surface area contributed by atoms with Crippen LogP contribution >= 0.6 is 0 Å². The molecule has 0 amide bonds. The molecule has 0 spiro atoms. The van der Waals surface area contributed by atoms with E-state index in [1.165, 1.54) is 0 Å². The number of hydrogen-bond donors (Lipinski definition) is 2. The molecule has 2 aliphatic carbocycles. The van der Waals surface area contributed by atoms with E-state index in [1.807, 2.05) is 0 Å². The summed E-state index contributed by atoms with van der Waals surface area (Å²) in [5, 5.41) is 22.6. The van der Waals surface area contributed by atoms with Crippen LogP contribution in [-0.4, -0.2) is 58.1 Å². The fraction of sp³-hybridized carbons (Fsp3) is 0.640. The lowest BCUT2D eigenvalue weighted by atomic mass is 9.49. The van der Waals surface area contributed by atoms with Crippen molar-refractivity contribution in [2.75, 3.05) is 0 Å². The highest BCUT2D eigenvalue weighted by Crippen LogP contribution is 2.60. The molecule has 8 heteroatoms. The van der Waals surface area contributed by atoms with Gasteiger partial charge in [0.15, 0.2) is 6.10 Å². The molecule has 0 aromatic rings. The lowest BCUT2D eigenvalue weighted by Gasteiger charge is -2.61. The zero-order chi connectivity index (χ0) is 24.9. The summed E-state index contributed by atoms with van der Waals surface area (Å²) in [4.78, 5) is 38.3. The third kappa shape index (κ3) is 3.93. The van der Waals surface area contributed by atoms with Gasteiger partial charge in [-0.3, -0.25) is 0 Å². The van der Waals surface area contributed by atoms with Gasteiger partial charge in [0.25, 0.3) is 0 Å². The second-order valence-electron chi connectivity index (χ2n) is 9.82. The molecule has 182 valence electrons. The van der Waals surface area contributed by atoms with E-state index in [9.17, 15) is 24.6 Å². The van der Waals surface area contributed by atoms with Crippen LogP contribution in [0.4, 0.5) is 0 Å². The quantitative estimate of drug-likeness (QED) is 0.371. The summed E-state index contributed by atoms with van der Waals surface area (Å²) in [5.41, 5.74) is -1.86. The molecule has 8 nitrogen and oxygen atoms in total. The van der Waals surface area contributed by atoms with Crippen LogP contribution < -0.4 is 0 Å². The van der Waals surface area contributed by atoms with Crippen LogP contribution in [0.25, 0.3) is 0 Å². The van der Waals surface area contributed by atoms with Gasteiger partial charge in [-0.1, -0.05) is 25.7 Å². The Balaban J connectivity index is 2.21. The topological polar surface area (TPSA) is 119 Å². The lowest BCUT2D eigenvalue weighted by Crippen LogP contribution is -2.72. The summed E-state index contributed by atoms with van der Waals surface area (Å²) in [6.45, 7) is 13.7. The van der Waals surface area contributed by atoms with Gasteiger partial charge in [-0.25, -0.2) is 14.4 Å². The number of allylic oxidation sites excluding steroid dienone is 2. The summed E-state index contributed by atoms with van der Waals surface area (Å²) in [7, 11) is 0. The number of rotatable bonds is 4. The van der Waals surface area contributed by atoms with Gasteiger partial charge in [-0.2, -0.15) is 0 Å². The summed E-state index contributed by atoms with van der Waals surface area (Å²) in [6, 6.07) is 0. The minimum Gasteiger partial charge on any atom is -0.458 e. The summed E-state index contributed by atoms with van der Waals surface area (Å²) in [5.74, 6) is -3.58. The molecule has 0 unspecified atom stereocenters. The Bertz CT molecular complexity index is 929. The molecule has 33 heavy (non-hydrogen) atoms. The smallest absolute Gasteiger partial charge is 0.334 e. The molecule has 0 radical (unpaired) electrons. The van der Waals surface area contributed by atoms with Gasteiger partial charge in [0.2, 0.25) is 0 Å². The van der Waals surface area contributed by atoms with Crippen molar-refractivity contribution in [2.45, 2.75) is 84.4 Å².